The Morgan fingerprint density at radius 1 is 1.29 bits per heavy atom. The smallest absolute Gasteiger partial charge is 0.410 e. The number of piperidine rings is 1. The molecule has 0 aliphatic carbocycles. The molecule has 1 rings (SSSR count). The SMILES string of the molecule is CCOC(=O)C1CC(=O)CCN1C(=O)OCC. The van der Waals surface area contributed by atoms with Crippen molar-refractivity contribution in [3.8, 4) is 0 Å². The maximum Gasteiger partial charge on any atom is 0.410 e. The summed E-state index contributed by atoms with van der Waals surface area (Å²) in [5, 5.41) is 0. The van der Waals surface area contributed by atoms with Crippen molar-refractivity contribution in [3.63, 3.8) is 0 Å². The molecule has 1 saturated heterocycles. The van der Waals surface area contributed by atoms with Crippen LogP contribution in [0.3, 0.4) is 0 Å². The highest BCUT2D eigenvalue weighted by atomic mass is 16.6. The number of hydrogen-bond acceptors (Lipinski definition) is 5. The molecule has 17 heavy (non-hydrogen) atoms. The molecule has 0 saturated carbocycles. The second-order valence-electron chi connectivity index (χ2n) is 3.65. The highest BCUT2D eigenvalue weighted by Crippen LogP contribution is 2.17. The van der Waals surface area contributed by atoms with E-state index in [4.69, 9.17) is 9.47 Å². The summed E-state index contributed by atoms with van der Waals surface area (Å²) in [6.07, 6.45) is -0.301. The van der Waals surface area contributed by atoms with Crippen LogP contribution < -0.4 is 0 Å². The number of amides is 1. The first kappa shape index (κ1) is 13.5. The first-order valence-electron chi connectivity index (χ1n) is 5.71. The number of nitrogens with zero attached hydrogens (tertiary/aromatic N) is 1. The Kier molecular flexibility index (Phi) is 4.93. The van der Waals surface area contributed by atoms with Gasteiger partial charge in [0.15, 0.2) is 0 Å². The van der Waals surface area contributed by atoms with Crippen molar-refractivity contribution in [2.24, 2.45) is 0 Å². The van der Waals surface area contributed by atoms with Gasteiger partial charge in [-0.3, -0.25) is 9.69 Å². The Morgan fingerprint density at radius 2 is 1.94 bits per heavy atom. The number of rotatable bonds is 3. The van der Waals surface area contributed by atoms with Crippen molar-refractivity contribution in [1.82, 2.24) is 4.90 Å². The monoisotopic (exact) mass is 243 g/mol. The maximum absolute atomic E-state index is 11.6. The second-order valence-corrected chi connectivity index (χ2v) is 3.65. The lowest BCUT2D eigenvalue weighted by Crippen LogP contribution is -2.51. The fourth-order valence-electron chi connectivity index (χ4n) is 1.70. The largest absolute Gasteiger partial charge is 0.464 e. The first-order valence-corrected chi connectivity index (χ1v) is 5.71. The van der Waals surface area contributed by atoms with Gasteiger partial charge in [0.25, 0.3) is 0 Å². The van der Waals surface area contributed by atoms with Crippen LogP contribution in [0.1, 0.15) is 26.7 Å². The third-order valence-electron chi connectivity index (χ3n) is 2.49. The summed E-state index contributed by atoms with van der Waals surface area (Å²) in [6, 6.07) is -0.838. The Morgan fingerprint density at radius 3 is 2.53 bits per heavy atom. The van der Waals surface area contributed by atoms with Crippen LogP contribution in [0, 0.1) is 0 Å². The molecular formula is C11H17NO5. The normalized spacial score (nSPS) is 20.0. The van der Waals surface area contributed by atoms with E-state index < -0.39 is 18.1 Å². The van der Waals surface area contributed by atoms with Crippen molar-refractivity contribution in [3.05, 3.63) is 0 Å². The van der Waals surface area contributed by atoms with E-state index >= 15 is 0 Å². The lowest BCUT2D eigenvalue weighted by Gasteiger charge is -2.32. The van der Waals surface area contributed by atoms with E-state index in [1.54, 1.807) is 13.8 Å². The fourth-order valence-corrected chi connectivity index (χ4v) is 1.70. The van der Waals surface area contributed by atoms with Crippen molar-refractivity contribution in [2.45, 2.75) is 32.7 Å². The zero-order valence-electron chi connectivity index (χ0n) is 10.1. The molecule has 6 nitrogen and oxygen atoms in total. The van der Waals surface area contributed by atoms with Gasteiger partial charge in [0, 0.05) is 19.4 Å². The minimum atomic E-state index is -0.838. The standard InChI is InChI=1S/C11H17NO5/c1-3-16-10(14)9-7-8(13)5-6-12(9)11(15)17-4-2/h9H,3-7H2,1-2H3. The summed E-state index contributed by atoms with van der Waals surface area (Å²) in [6.45, 7) is 4.03. The average molecular weight is 243 g/mol. The van der Waals surface area contributed by atoms with Gasteiger partial charge in [-0.25, -0.2) is 9.59 Å². The highest BCUT2D eigenvalue weighted by molar-refractivity contribution is 5.91. The quantitative estimate of drug-likeness (QED) is 0.683. The predicted octanol–water partition coefficient (Wildman–Crippen LogP) is 0.740. The molecule has 1 aliphatic heterocycles. The minimum absolute atomic E-state index is 0.0116. The molecule has 0 aromatic heterocycles. The van der Waals surface area contributed by atoms with Gasteiger partial charge < -0.3 is 9.47 Å². The van der Waals surface area contributed by atoms with Crippen LogP contribution in [0.5, 0.6) is 0 Å². The summed E-state index contributed by atoms with van der Waals surface area (Å²) in [5.41, 5.74) is 0. The summed E-state index contributed by atoms with van der Waals surface area (Å²) < 4.78 is 9.69. The molecule has 1 fully saturated rings. The third-order valence-corrected chi connectivity index (χ3v) is 2.49. The van der Waals surface area contributed by atoms with Gasteiger partial charge in [-0.2, -0.15) is 0 Å². The van der Waals surface area contributed by atoms with Crippen LogP contribution >= 0.6 is 0 Å². The van der Waals surface area contributed by atoms with Crippen LogP contribution in [0.25, 0.3) is 0 Å². The molecule has 1 unspecified atom stereocenters. The number of ketones is 1. The Labute approximate surface area is 99.9 Å². The molecule has 0 aromatic carbocycles. The molecule has 0 radical (unpaired) electrons. The van der Waals surface area contributed by atoms with Crippen LogP contribution in [0.2, 0.25) is 0 Å². The van der Waals surface area contributed by atoms with Gasteiger partial charge >= 0.3 is 12.1 Å². The number of Topliss-reactive ketones (excluding diaryl/α,β-unsaturated/α-hetero) is 1. The molecule has 0 N–H and O–H groups in total. The number of likely N-dealkylation sites (tertiary alicyclic amines) is 1. The van der Waals surface area contributed by atoms with E-state index in [9.17, 15) is 14.4 Å². The molecule has 0 aromatic rings. The molecule has 0 bridgehead atoms. The number of ether oxygens (including phenoxy) is 2. The van der Waals surface area contributed by atoms with Crippen molar-refractivity contribution in [2.75, 3.05) is 19.8 Å². The van der Waals surface area contributed by atoms with E-state index in [0.29, 0.717) is 0 Å². The van der Waals surface area contributed by atoms with Crippen LogP contribution in [0.4, 0.5) is 4.79 Å². The van der Waals surface area contributed by atoms with Crippen LogP contribution in [0.15, 0.2) is 0 Å². The molecular weight excluding hydrogens is 226 g/mol. The average Bonchev–Trinajstić information content (AvgIpc) is 2.29. The Bertz CT molecular complexity index is 315. The van der Waals surface area contributed by atoms with Gasteiger partial charge in [-0.15, -0.1) is 0 Å². The summed E-state index contributed by atoms with van der Waals surface area (Å²) >= 11 is 0. The van der Waals surface area contributed by atoms with Crippen molar-refractivity contribution < 1.29 is 23.9 Å². The van der Waals surface area contributed by atoms with Crippen LogP contribution in [-0.2, 0) is 19.1 Å². The van der Waals surface area contributed by atoms with E-state index in [1.807, 2.05) is 0 Å². The van der Waals surface area contributed by atoms with E-state index in [2.05, 4.69) is 0 Å². The lowest BCUT2D eigenvalue weighted by atomic mass is 10.0. The van der Waals surface area contributed by atoms with Crippen molar-refractivity contribution in [1.29, 1.82) is 0 Å². The lowest BCUT2D eigenvalue weighted by molar-refractivity contribution is -0.152. The first-order chi connectivity index (χ1) is 8.10. The molecule has 6 heteroatoms. The topological polar surface area (TPSA) is 72.9 Å². The molecule has 1 aliphatic rings. The predicted molar refractivity (Wildman–Crippen MR) is 58.4 cm³/mol. The Hall–Kier alpha value is -1.59. The van der Waals surface area contributed by atoms with E-state index in [-0.39, 0.29) is 38.4 Å². The number of carbonyl (C=O) groups excluding carboxylic acids is 3. The van der Waals surface area contributed by atoms with Gasteiger partial charge in [0.05, 0.1) is 13.2 Å². The molecule has 1 amide bonds. The number of carbonyl (C=O) groups is 3. The highest BCUT2D eigenvalue weighted by Gasteiger charge is 2.37. The van der Waals surface area contributed by atoms with Gasteiger partial charge in [-0.05, 0) is 13.8 Å². The van der Waals surface area contributed by atoms with Gasteiger partial charge in [0.2, 0.25) is 0 Å². The molecule has 1 atom stereocenters. The van der Waals surface area contributed by atoms with Crippen molar-refractivity contribution >= 4 is 17.8 Å². The summed E-state index contributed by atoms with van der Waals surface area (Å²) in [5.74, 6) is -0.586. The zero-order chi connectivity index (χ0) is 12.8. The Balaban J connectivity index is 2.74. The molecule has 1 heterocycles. The minimum Gasteiger partial charge on any atom is -0.464 e. The number of hydrogen-bond donors (Lipinski definition) is 0. The molecule has 0 spiro atoms. The zero-order valence-corrected chi connectivity index (χ0v) is 10.1. The summed E-state index contributed by atoms with van der Waals surface area (Å²) in [7, 11) is 0. The maximum atomic E-state index is 11.6. The fraction of sp³-hybridized carbons (Fsp3) is 0.727. The van der Waals surface area contributed by atoms with Crippen LogP contribution in [-0.4, -0.2) is 48.5 Å². The molecule has 96 valence electrons. The number of esters is 1. The van der Waals surface area contributed by atoms with Gasteiger partial charge in [0.1, 0.15) is 11.8 Å². The van der Waals surface area contributed by atoms with E-state index in [0.717, 1.165) is 0 Å². The van der Waals surface area contributed by atoms with Gasteiger partial charge in [-0.1, -0.05) is 0 Å². The summed E-state index contributed by atoms with van der Waals surface area (Å²) in [4.78, 5) is 35.8. The second kappa shape index (κ2) is 6.22. The third kappa shape index (κ3) is 3.44. The van der Waals surface area contributed by atoms with E-state index in [1.165, 1.54) is 4.90 Å².